The molecule has 0 aliphatic carbocycles. The zero-order valence-corrected chi connectivity index (χ0v) is 14.0. The van der Waals surface area contributed by atoms with Crippen LogP contribution in [0.4, 0.5) is 0 Å². The molecule has 1 aromatic carbocycles. The molecule has 1 fully saturated rings. The Balaban J connectivity index is 0.00000200. The summed E-state index contributed by atoms with van der Waals surface area (Å²) in [6, 6.07) is 7.88. The number of nitrogens with two attached hydrogens (primary N) is 1. The van der Waals surface area contributed by atoms with Gasteiger partial charge in [0.2, 0.25) is 0 Å². The van der Waals surface area contributed by atoms with Crippen LogP contribution in [0, 0.1) is 0 Å². The molecule has 0 bridgehead atoms. The zero-order chi connectivity index (χ0) is 13.7. The molecule has 120 valence electrons. The van der Waals surface area contributed by atoms with Crippen molar-refractivity contribution in [2.24, 2.45) is 5.73 Å². The Morgan fingerprint density at radius 1 is 1.33 bits per heavy atom. The summed E-state index contributed by atoms with van der Waals surface area (Å²) in [5, 5.41) is 2.89. The normalized spacial score (nSPS) is 15.7. The second-order valence-electron chi connectivity index (χ2n) is 5.29. The van der Waals surface area contributed by atoms with E-state index in [9.17, 15) is 4.79 Å². The lowest BCUT2D eigenvalue weighted by Crippen LogP contribution is -2.37. The minimum atomic E-state index is -0.0405. The summed E-state index contributed by atoms with van der Waals surface area (Å²) >= 11 is 0. The summed E-state index contributed by atoms with van der Waals surface area (Å²) in [5.41, 5.74) is 7.44. The third kappa shape index (κ3) is 6.22. The molecule has 1 amide bonds. The van der Waals surface area contributed by atoms with Gasteiger partial charge in [-0.3, -0.25) is 9.69 Å². The van der Waals surface area contributed by atoms with Crippen LogP contribution in [0.2, 0.25) is 0 Å². The van der Waals surface area contributed by atoms with E-state index in [0.717, 1.165) is 12.1 Å². The van der Waals surface area contributed by atoms with E-state index in [0.29, 0.717) is 6.54 Å². The third-order valence-electron chi connectivity index (χ3n) is 3.53. The Morgan fingerprint density at radius 2 is 2.00 bits per heavy atom. The molecule has 1 aromatic rings. The Labute approximate surface area is 139 Å². The number of halogens is 2. The van der Waals surface area contributed by atoms with Crippen LogP contribution < -0.4 is 11.1 Å². The lowest BCUT2D eigenvalue weighted by molar-refractivity contribution is 0.0941. The number of likely N-dealkylation sites (tertiary alicyclic amines) is 1. The average Bonchev–Trinajstić information content (AvgIpc) is 2.91. The molecule has 2 rings (SSSR count). The molecule has 1 heterocycles. The topological polar surface area (TPSA) is 58.4 Å². The van der Waals surface area contributed by atoms with Gasteiger partial charge >= 0.3 is 0 Å². The summed E-state index contributed by atoms with van der Waals surface area (Å²) in [6.07, 6.45) is 2.57. The number of nitrogens with zero attached hydrogens (tertiary/aromatic N) is 1. The van der Waals surface area contributed by atoms with Gasteiger partial charge in [-0.2, -0.15) is 0 Å². The second kappa shape index (κ2) is 10.0. The van der Waals surface area contributed by atoms with Gasteiger partial charge in [-0.05, 0) is 50.6 Å². The van der Waals surface area contributed by atoms with Gasteiger partial charge in [-0.25, -0.2) is 0 Å². The molecule has 0 spiro atoms. The maximum Gasteiger partial charge on any atom is 0.251 e. The van der Waals surface area contributed by atoms with Crippen molar-refractivity contribution >= 4 is 30.7 Å². The quantitative estimate of drug-likeness (QED) is 0.868. The fourth-order valence-corrected chi connectivity index (χ4v) is 2.38. The van der Waals surface area contributed by atoms with E-state index in [4.69, 9.17) is 5.73 Å². The molecule has 21 heavy (non-hydrogen) atoms. The van der Waals surface area contributed by atoms with Gasteiger partial charge in [-0.1, -0.05) is 12.1 Å². The number of hydrogen-bond acceptors (Lipinski definition) is 3. The highest BCUT2D eigenvalue weighted by molar-refractivity contribution is 5.94. The van der Waals surface area contributed by atoms with Crippen molar-refractivity contribution in [3.63, 3.8) is 0 Å². The molecule has 0 saturated carbocycles. The van der Waals surface area contributed by atoms with Crippen molar-refractivity contribution in [1.29, 1.82) is 0 Å². The highest BCUT2D eigenvalue weighted by Gasteiger charge is 2.13. The highest BCUT2D eigenvalue weighted by Crippen LogP contribution is 2.13. The second-order valence-corrected chi connectivity index (χ2v) is 5.29. The van der Waals surface area contributed by atoms with Crippen molar-refractivity contribution in [1.82, 2.24) is 10.2 Å². The minimum Gasteiger partial charge on any atom is -0.348 e. The molecule has 0 radical (unpaired) electrons. The number of benzene rings is 1. The fraction of sp³-hybridized carbons (Fsp3) is 0.533. The number of carbonyl (C=O) groups is 1. The van der Waals surface area contributed by atoms with Gasteiger partial charge in [0.15, 0.2) is 0 Å². The monoisotopic (exact) mass is 333 g/mol. The van der Waals surface area contributed by atoms with Crippen LogP contribution in [0.15, 0.2) is 24.3 Å². The number of amides is 1. The largest absolute Gasteiger partial charge is 0.348 e. The van der Waals surface area contributed by atoms with Crippen molar-refractivity contribution < 1.29 is 4.79 Å². The van der Waals surface area contributed by atoms with Gasteiger partial charge in [0.1, 0.15) is 0 Å². The smallest absolute Gasteiger partial charge is 0.251 e. The Hall–Kier alpha value is -0.810. The van der Waals surface area contributed by atoms with Crippen LogP contribution in [0.25, 0.3) is 0 Å². The lowest BCUT2D eigenvalue weighted by atomic mass is 10.1. The van der Waals surface area contributed by atoms with Crippen molar-refractivity contribution in [3.8, 4) is 0 Å². The predicted octanol–water partition coefficient (Wildman–Crippen LogP) is 2.20. The molecule has 1 aliphatic rings. The summed E-state index contributed by atoms with van der Waals surface area (Å²) in [4.78, 5) is 14.5. The first kappa shape index (κ1) is 20.2. The molecule has 1 saturated heterocycles. The SMILES string of the molecule is C[C@@H](CN)NC(=O)c1cccc(CN2CCCC2)c1.Cl.Cl. The third-order valence-corrected chi connectivity index (χ3v) is 3.53. The van der Waals surface area contributed by atoms with Crippen LogP contribution in [-0.4, -0.2) is 36.5 Å². The van der Waals surface area contributed by atoms with E-state index in [-0.39, 0.29) is 36.8 Å². The van der Waals surface area contributed by atoms with E-state index in [1.54, 1.807) is 0 Å². The number of nitrogens with one attached hydrogen (secondary N) is 1. The average molecular weight is 334 g/mol. The van der Waals surface area contributed by atoms with Crippen LogP contribution in [0.5, 0.6) is 0 Å². The Kier molecular flexibility index (Phi) is 9.62. The first-order valence-corrected chi connectivity index (χ1v) is 7.01. The summed E-state index contributed by atoms with van der Waals surface area (Å²) < 4.78 is 0. The van der Waals surface area contributed by atoms with Crippen LogP contribution in [-0.2, 0) is 6.54 Å². The van der Waals surface area contributed by atoms with E-state index in [1.165, 1.54) is 31.5 Å². The number of rotatable bonds is 5. The number of carbonyl (C=O) groups excluding carboxylic acids is 1. The molecule has 3 N–H and O–H groups in total. The Morgan fingerprint density at radius 3 is 2.62 bits per heavy atom. The standard InChI is InChI=1S/C15H23N3O.2ClH/c1-12(10-16)17-15(19)14-6-4-5-13(9-14)11-18-7-2-3-8-18;;/h4-6,9,12H,2-3,7-8,10-11,16H2,1H3,(H,17,19);2*1H/t12-;;/m0../s1. The molecule has 0 aromatic heterocycles. The van der Waals surface area contributed by atoms with Crippen LogP contribution in [0.3, 0.4) is 0 Å². The summed E-state index contributed by atoms with van der Waals surface area (Å²) in [5.74, 6) is -0.0405. The van der Waals surface area contributed by atoms with Gasteiger partial charge in [0, 0.05) is 24.7 Å². The van der Waals surface area contributed by atoms with Gasteiger partial charge in [-0.15, -0.1) is 24.8 Å². The predicted molar refractivity (Wildman–Crippen MR) is 91.4 cm³/mol. The van der Waals surface area contributed by atoms with E-state index in [2.05, 4.69) is 16.3 Å². The minimum absolute atomic E-state index is 0. The molecule has 1 atom stereocenters. The molecular weight excluding hydrogens is 309 g/mol. The molecule has 0 unspecified atom stereocenters. The maximum absolute atomic E-state index is 12.0. The van der Waals surface area contributed by atoms with Crippen LogP contribution in [0.1, 0.15) is 35.7 Å². The van der Waals surface area contributed by atoms with Crippen molar-refractivity contribution in [2.75, 3.05) is 19.6 Å². The van der Waals surface area contributed by atoms with Gasteiger partial charge < -0.3 is 11.1 Å². The van der Waals surface area contributed by atoms with Gasteiger partial charge in [0.25, 0.3) is 5.91 Å². The first-order valence-electron chi connectivity index (χ1n) is 7.01. The molecule has 6 heteroatoms. The van der Waals surface area contributed by atoms with E-state index < -0.39 is 0 Å². The molecule has 4 nitrogen and oxygen atoms in total. The zero-order valence-electron chi connectivity index (χ0n) is 12.4. The van der Waals surface area contributed by atoms with Crippen molar-refractivity contribution in [3.05, 3.63) is 35.4 Å². The van der Waals surface area contributed by atoms with Gasteiger partial charge in [0.05, 0.1) is 0 Å². The van der Waals surface area contributed by atoms with Crippen molar-refractivity contribution in [2.45, 2.75) is 32.4 Å². The van der Waals surface area contributed by atoms with Crippen LogP contribution >= 0.6 is 24.8 Å². The maximum atomic E-state index is 12.0. The summed E-state index contributed by atoms with van der Waals surface area (Å²) in [7, 11) is 0. The first-order chi connectivity index (χ1) is 9.19. The van der Waals surface area contributed by atoms with E-state index >= 15 is 0 Å². The fourth-order valence-electron chi connectivity index (χ4n) is 2.38. The van der Waals surface area contributed by atoms with E-state index in [1.807, 2.05) is 25.1 Å². The molecular formula is C15H25Cl2N3O. The Bertz CT molecular complexity index is 437. The summed E-state index contributed by atoms with van der Waals surface area (Å²) in [6.45, 7) is 5.64. The highest BCUT2D eigenvalue weighted by atomic mass is 35.5. The lowest BCUT2D eigenvalue weighted by Gasteiger charge is -2.16. The molecule has 1 aliphatic heterocycles. The number of hydrogen-bond donors (Lipinski definition) is 2.